The van der Waals surface area contributed by atoms with E-state index in [-0.39, 0.29) is 12.8 Å². The Hall–Kier alpha value is -1.84. The van der Waals surface area contributed by atoms with Gasteiger partial charge in [-0.05, 0) is 37.5 Å². The molecule has 82 heavy (non-hydrogen) atoms. The maximum absolute atomic E-state index is 13.9. The van der Waals surface area contributed by atoms with Crippen LogP contribution >= 0.6 is 7.82 Å². The third-order valence-corrected chi connectivity index (χ3v) is 16.6. The van der Waals surface area contributed by atoms with Gasteiger partial charge in [0.05, 0.1) is 32.2 Å². The van der Waals surface area contributed by atoms with Crippen LogP contribution in [0, 0.1) is 11.8 Å². The van der Waals surface area contributed by atoms with Crippen molar-refractivity contribution < 1.29 is 82.8 Å². The standard InChI is InChI=1S/C62H119N2O17P/c1-6-7-8-9-10-11-12-13-14-21-26-31-36-41-54(69)78-49(40-35-30-25-20-16-18-23-28-33-38-47(4)5)43-53(68)64-55-59(72)57(70)50(44-65)79-61(55)77-45-51-58(71)60(73)56(62(80-51)81-82(74,75)76)63-52(67)42-48(66)39-34-29-24-19-15-17-22-27-32-37-46(2)3/h46-51,55-62,65-66,70-73H,6-45H2,1-5H3,(H,63,67)(H,64,68)(H2,74,75,76)/t48?,49?,50-,51-,55-,56-,57-,58-,59-,60-,61-,62-/m1/s1. The predicted octanol–water partition coefficient (Wildman–Crippen LogP) is 10.4. The van der Waals surface area contributed by atoms with E-state index in [0.29, 0.717) is 32.1 Å². The summed E-state index contributed by atoms with van der Waals surface area (Å²) < 4.78 is 40.3. The molecule has 0 aromatic heterocycles. The number of nitrogens with one attached hydrogen (secondary N) is 2. The Labute approximate surface area is 494 Å². The molecule has 2 fully saturated rings. The van der Waals surface area contributed by atoms with Gasteiger partial charge in [0, 0.05) is 6.42 Å². The summed E-state index contributed by atoms with van der Waals surface area (Å²) in [5, 5.41) is 70.5. The summed E-state index contributed by atoms with van der Waals surface area (Å²) in [6.07, 6.45) is 21.7. The average molecular weight is 1200 g/mol. The zero-order chi connectivity index (χ0) is 60.5. The number of amides is 2. The lowest BCUT2D eigenvalue weighted by molar-refractivity contribution is -0.296. The molecule has 0 aromatic carbocycles. The molecule has 2 aliphatic rings. The molecule has 2 unspecified atom stereocenters. The minimum atomic E-state index is -5.36. The fraction of sp³-hybridized carbons (Fsp3) is 0.952. The molecule has 2 heterocycles. The van der Waals surface area contributed by atoms with Gasteiger partial charge in [0.25, 0.3) is 0 Å². The maximum Gasteiger partial charge on any atom is 0.472 e. The van der Waals surface area contributed by atoms with Gasteiger partial charge in [0.15, 0.2) is 12.6 Å². The molecular weight excluding hydrogens is 1080 g/mol. The maximum atomic E-state index is 13.9. The van der Waals surface area contributed by atoms with E-state index >= 15 is 0 Å². The highest BCUT2D eigenvalue weighted by Crippen LogP contribution is 2.41. The van der Waals surface area contributed by atoms with Crippen molar-refractivity contribution in [1.29, 1.82) is 0 Å². The van der Waals surface area contributed by atoms with Crippen LogP contribution in [0.2, 0.25) is 0 Å². The second-order valence-corrected chi connectivity index (χ2v) is 26.0. The Morgan fingerprint density at radius 3 is 1.32 bits per heavy atom. The smallest absolute Gasteiger partial charge is 0.462 e. The van der Waals surface area contributed by atoms with Crippen LogP contribution in [-0.4, -0.2) is 145 Å². The molecule has 0 spiro atoms. The lowest BCUT2D eigenvalue weighted by Crippen LogP contribution is -2.66. The first-order valence-corrected chi connectivity index (χ1v) is 34.2. The van der Waals surface area contributed by atoms with Crippen molar-refractivity contribution in [2.45, 2.75) is 352 Å². The number of phosphoric ester groups is 1. The molecule has 20 heteroatoms. The lowest BCUT2D eigenvalue weighted by atomic mass is 9.95. The number of phosphoric acid groups is 1. The van der Waals surface area contributed by atoms with Crippen LogP contribution < -0.4 is 10.6 Å². The molecular formula is C62H119N2O17P. The van der Waals surface area contributed by atoms with E-state index in [1.54, 1.807) is 0 Å². The van der Waals surface area contributed by atoms with Crippen LogP contribution in [0.1, 0.15) is 279 Å². The Bertz CT molecular complexity index is 1660. The van der Waals surface area contributed by atoms with Crippen molar-refractivity contribution in [2.75, 3.05) is 13.2 Å². The number of carbonyl (C=O) groups is 3. The molecule has 10 N–H and O–H groups in total. The predicted molar refractivity (Wildman–Crippen MR) is 318 cm³/mol. The summed E-state index contributed by atoms with van der Waals surface area (Å²) >= 11 is 0. The van der Waals surface area contributed by atoms with Gasteiger partial charge in [-0.2, -0.15) is 0 Å². The van der Waals surface area contributed by atoms with Gasteiger partial charge >= 0.3 is 13.8 Å². The SMILES string of the molecule is CCCCCCCCCCCCCCCC(=O)OC(CCCCCCCCCCCC(C)C)CC(=O)N[C@H]1[C@H](OC[C@H]2O[C@H](OP(=O)(O)O)[C@H](NC(=O)CC(O)CCCCCCCCCCCC(C)C)[C@@H](O)[C@@H]2O)O[C@H](CO)[C@@H](O)[C@@H]1O. The van der Waals surface area contributed by atoms with E-state index in [2.05, 4.69) is 45.3 Å². The number of aliphatic hydroxyl groups is 6. The van der Waals surface area contributed by atoms with Gasteiger partial charge in [0.1, 0.15) is 54.8 Å². The molecule has 484 valence electrons. The Morgan fingerprint density at radius 1 is 0.500 bits per heavy atom. The van der Waals surface area contributed by atoms with Crippen molar-refractivity contribution in [1.82, 2.24) is 10.6 Å². The van der Waals surface area contributed by atoms with Crippen LogP contribution in [0.15, 0.2) is 0 Å². The first-order valence-electron chi connectivity index (χ1n) is 32.7. The summed E-state index contributed by atoms with van der Waals surface area (Å²) in [4.78, 5) is 59.8. The Kier molecular flexibility index (Phi) is 43.1. The molecule has 19 nitrogen and oxygen atoms in total. The highest BCUT2D eigenvalue weighted by atomic mass is 31.2. The monoisotopic (exact) mass is 1190 g/mol. The van der Waals surface area contributed by atoms with Gasteiger partial charge in [0.2, 0.25) is 11.8 Å². The second-order valence-electron chi connectivity index (χ2n) is 24.8. The zero-order valence-electron chi connectivity index (χ0n) is 51.6. The second kappa shape index (κ2) is 46.3. The summed E-state index contributed by atoms with van der Waals surface area (Å²) in [5.74, 6) is -0.405. The molecule has 12 atom stereocenters. The number of ether oxygens (including phenoxy) is 4. The largest absolute Gasteiger partial charge is 0.472 e. The quantitative estimate of drug-likeness (QED) is 0.0154. The van der Waals surface area contributed by atoms with E-state index in [1.165, 1.54) is 122 Å². The lowest BCUT2D eigenvalue weighted by Gasteiger charge is -2.45. The van der Waals surface area contributed by atoms with Crippen LogP contribution in [0.4, 0.5) is 0 Å². The van der Waals surface area contributed by atoms with E-state index in [0.717, 1.165) is 82.5 Å². The van der Waals surface area contributed by atoms with Gasteiger partial charge in [-0.1, -0.05) is 234 Å². The van der Waals surface area contributed by atoms with Gasteiger partial charge in [-0.25, -0.2) is 4.57 Å². The number of hydrogen-bond donors (Lipinski definition) is 10. The van der Waals surface area contributed by atoms with E-state index < -0.39 is 119 Å². The number of unbranched alkanes of at least 4 members (excludes halogenated alkanes) is 28. The molecule has 2 saturated heterocycles. The Balaban J connectivity index is 2.03. The van der Waals surface area contributed by atoms with Crippen molar-refractivity contribution in [2.24, 2.45) is 11.8 Å². The summed E-state index contributed by atoms with van der Waals surface area (Å²) in [6, 6.07) is -3.22. The average Bonchev–Trinajstić information content (AvgIpc) is 3.47. The minimum absolute atomic E-state index is 0.214. The first-order chi connectivity index (χ1) is 39.3. The van der Waals surface area contributed by atoms with Gasteiger partial charge < -0.3 is 70.0 Å². The van der Waals surface area contributed by atoms with E-state index in [4.69, 9.17) is 23.5 Å². The van der Waals surface area contributed by atoms with Gasteiger partial charge in [-0.15, -0.1) is 0 Å². The zero-order valence-corrected chi connectivity index (χ0v) is 52.5. The number of esters is 1. The van der Waals surface area contributed by atoms with Crippen LogP contribution in [-0.2, 0) is 42.4 Å². The van der Waals surface area contributed by atoms with Crippen LogP contribution in [0.5, 0.6) is 0 Å². The molecule has 2 rings (SSSR count). The van der Waals surface area contributed by atoms with Crippen molar-refractivity contribution >= 4 is 25.6 Å². The molecule has 0 radical (unpaired) electrons. The fourth-order valence-corrected chi connectivity index (χ4v) is 11.5. The molecule has 2 amide bonds. The molecule has 0 saturated carbocycles. The topological polar surface area (TPSA) is 300 Å². The van der Waals surface area contributed by atoms with Gasteiger partial charge in [-0.3, -0.25) is 18.9 Å². The number of hydrogen-bond acceptors (Lipinski definition) is 15. The normalized spacial score (nSPS) is 24.0. The van der Waals surface area contributed by atoms with Crippen LogP contribution in [0.25, 0.3) is 0 Å². The number of carbonyl (C=O) groups excluding carboxylic acids is 3. The minimum Gasteiger partial charge on any atom is -0.462 e. The third-order valence-electron chi connectivity index (χ3n) is 16.1. The summed E-state index contributed by atoms with van der Waals surface area (Å²) in [7, 11) is -5.36. The molecule has 0 aromatic rings. The third kappa shape index (κ3) is 36.3. The van der Waals surface area contributed by atoms with Crippen molar-refractivity contribution in [3.63, 3.8) is 0 Å². The van der Waals surface area contributed by atoms with Crippen LogP contribution in [0.3, 0.4) is 0 Å². The highest BCUT2D eigenvalue weighted by molar-refractivity contribution is 7.46. The summed E-state index contributed by atoms with van der Waals surface area (Å²) in [5.41, 5.74) is 0. The van der Waals surface area contributed by atoms with Crippen molar-refractivity contribution in [3.8, 4) is 0 Å². The molecule has 2 aliphatic heterocycles. The number of aliphatic hydroxyl groups excluding tert-OH is 6. The van der Waals surface area contributed by atoms with E-state index in [9.17, 15) is 59.4 Å². The van der Waals surface area contributed by atoms with E-state index in [1.807, 2.05) is 0 Å². The molecule has 0 aliphatic carbocycles. The van der Waals surface area contributed by atoms with Crippen molar-refractivity contribution in [3.05, 3.63) is 0 Å². The summed E-state index contributed by atoms with van der Waals surface area (Å²) in [6.45, 7) is 9.70. The number of rotatable bonds is 51. The fourth-order valence-electron chi connectivity index (χ4n) is 11.1. The first kappa shape index (κ1) is 76.3. The Morgan fingerprint density at radius 2 is 0.878 bits per heavy atom. The molecule has 0 bridgehead atoms. The highest BCUT2D eigenvalue weighted by Gasteiger charge is 2.50.